The van der Waals surface area contributed by atoms with E-state index in [-0.39, 0.29) is 110 Å². The summed E-state index contributed by atoms with van der Waals surface area (Å²) in [5, 5.41) is 34.4. The minimum absolute atomic E-state index is 0. The van der Waals surface area contributed by atoms with Crippen LogP contribution in [0, 0.1) is 60.7 Å². The maximum atomic E-state index is 12.6. The first-order chi connectivity index (χ1) is 56.9. The molecule has 5 heterocycles. The van der Waals surface area contributed by atoms with Crippen LogP contribution in [0.2, 0.25) is 0 Å². The van der Waals surface area contributed by atoms with Gasteiger partial charge in [0.1, 0.15) is 5.69 Å². The number of rotatable bonds is 15. The number of aryl methyl sites for hydroxylation is 5. The summed E-state index contributed by atoms with van der Waals surface area (Å²) in [5.41, 5.74) is 28.7. The lowest BCUT2D eigenvalue weighted by Crippen LogP contribution is -2.41. The Hall–Kier alpha value is -9.43. The number of nitro benzene ring substituents is 2. The van der Waals surface area contributed by atoms with E-state index in [1.165, 1.54) is 67.7 Å². The molecule has 15 rings (SSSR count). The van der Waals surface area contributed by atoms with Crippen LogP contribution in [0.1, 0.15) is 191 Å². The third-order valence-electron chi connectivity index (χ3n) is 21.3. The van der Waals surface area contributed by atoms with Crippen LogP contribution in [0.15, 0.2) is 243 Å². The molecule has 3 aliphatic rings. The molecule has 0 amide bonds. The molecule has 0 spiro atoms. The minimum atomic E-state index is -0.821. The second-order valence-electron chi connectivity index (χ2n) is 32.4. The van der Waals surface area contributed by atoms with E-state index in [4.69, 9.17) is 49.3 Å². The highest BCUT2D eigenvalue weighted by atomic mass is 79.9. The highest BCUT2D eigenvalue weighted by Crippen LogP contribution is 2.44. The third-order valence-corrected chi connectivity index (χ3v) is 23.3. The Morgan fingerprint density at radius 2 is 0.719 bits per heavy atom. The second kappa shape index (κ2) is 51.8. The monoisotopic (exact) mass is 2010 g/mol. The smallest absolute Gasteiger partial charge is 0.483 e. The Kier molecular flexibility index (Phi) is 47.2. The van der Waals surface area contributed by atoms with Crippen LogP contribution in [0.5, 0.6) is 0 Å². The molecule has 0 aliphatic carbocycles. The van der Waals surface area contributed by atoms with Crippen molar-refractivity contribution in [3.63, 3.8) is 0 Å². The molecule has 692 valence electrons. The molecule has 0 radical (unpaired) electrons. The molecule has 0 atom stereocenters. The van der Waals surface area contributed by atoms with E-state index in [1.54, 1.807) is 12.1 Å². The van der Waals surface area contributed by atoms with E-state index >= 15 is 0 Å². The number of hydrogen-bond donors (Lipinski definition) is 5. The van der Waals surface area contributed by atoms with Crippen LogP contribution in [0.4, 0.5) is 32.8 Å². The molecular weight excluding hydrogens is 1880 g/mol. The number of hydrogen-bond acceptors (Lipinski definition) is 17. The molecule has 2 aromatic heterocycles. The van der Waals surface area contributed by atoms with E-state index in [9.17, 15) is 24.6 Å². The third kappa shape index (κ3) is 33.2. The highest BCUT2D eigenvalue weighted by molar-refractivity contribution is 9.11. The zero-order valence-corrected chi connectivity index (χ0v) is 77.7. The molecule has 3 fully saturated rings. The maximum Gasteiger partial charge on any atom is 0.494 e. The average molecular weight is 2020 g/mol. The number of nitrogens with zero attached hydrogens (tertiary/aromatic N) is 6. The Balaban J connectivity index is 0.000000749. The van der Waals surface area contributed by atoms with Crippen molar-refractivity contribution in [2.45, 2.75) is 236 Å². The lowest BCUT2D eigenvalue weighted by atomic mass is 9.49. The molecule has 12 aromatic rings. The largest absolute Gasteiger partial charge is 0.494 e. The normalized spacial score (nSPS) is 14.3. The van der Waals surface area contributed by atoms with Gasteiger partial charge in [0.05, 0.1) is 89.5 Å². The van der Waals surface area contributed by atoms with Crippen LogP contribution < -0.4 is 27.6 Å². The van der Waals surface area contributed by atoms with Crippen molar-refractivity contribution in [3.8, 4) is 0 Å². The summed E-state index contributed by atoms with van der Waals surface area (Å²) < 4.78 is 56.3. The predicted octanol–water partition coefficient (Wildman–Crippen LogP) is 26.4. The van der Waals surface area contributed by atoms with Crippen molar-refractivity contribution in [1.29, 1.82) is 0 Å². The van der Waals surface area contributed by atoms with Gasteiger partial charge in [0.25, 0.3) is 12.2 Å². The number of nitro groups is 2. The molecule has 22 nitrogen and oxygen atoms in total. The summed E-state index contributed by atoms with van der Waals surface area (Å²) >= 11 is 13.1. The van der Waals surface area contributed by atoms with Crippen molar-refractivity contribution in [2.75, 3.05) is 16.4 Å². The van der Waals surface area contributed by atoms with Crippen LogP contribution in [0.25, 0.3) is 22.1 Å². The Morgan fingerprint density at radius 1 is 0.422 bits per heavy atom. The van der Waals surface area contributed by atoms with E-state index in [0.29, 0.717) is 27.7 Å². The molecule has 0 unspecified atom stereocenters. The molecule has 30 heteroatoms. The standard InChI is InChI=1S/C21H25BN2O2.C15H13BrN2.C14H13BrN2O2.C14H15BrN2.C12H24B2O4.C8H11N.C6H3BrFNO2.CH2O2.7CH4/c1-15-6-8-16(9-7-15)13-24-14-23-18-12-17(10-11-19(18)24)22-25-20(2,3)21(4,5)26-22;1-11-2-4-12(5-3-11)9-18-10-17-14-8-13(16)6-7-15(14)18;1-10-2-4-11(5-3-10)9-16-13-7-6-12(15)8-14(13)17(18)19;1-10-2-4-11(5-3-10)9-17-14-7-6-12(15)8-13(14)16;1-9(2)10(3,4)16-13(15-9)14-17-11(5,6)12(7,8)18-14;1-7-2-4-8(6-9)5-3-7;7-4-1-2-5(8)6(3-4)9(10)11;2-1-3;;;;;;;/h6-12,14H,13H2,1-5H3;2-8,10H,9H2,1H3;2-8,16H,9H2,1H3;2-8,17H,9,16H2,1H3;1-8H3;2-5H,6,9H2,1H3;1-3H;1H,(H,2,3);7*1H4. The van der Waals surface area contributed by atoms with Gasteiger partial charge in [-0.2, -0.15) is 4.39 Å². The first kappa shape index (κ1) is 117. The van der Waals surface area contributed by atoms with Crippen molar-refractivity contribution in [1.82, 2.24) is 19.1 Å². The van der Waals surface area contributed by atoms with E-state index in [0.717, 1.165) is 79.7 Å². The number of halogens is 5. The van der Waals surface area contributed by atoms with E-state index in [2.05, 4.69) is 276 Å². The fourth-order valence-corrected chi connectivity index (χ4v) is 13.4. The van der Waals surface area contributed by atoms with Gasteiger partial charge in [0.15, 0.2) is 0 Å². The Morgan fingerprint density at radius 3 is 1.08 bits per heavy atom. The van der Waals surface area contributed by atoms with Crippen molar-refractivity contribution in [3.05, 3.63) is 325 Å². The van der Waals surface area contributed by atoms with Crippen LogP contribution in [0.3, 0.4) is 0 Å². The van der Waals surface area contributed by atoms with Crippen LogP contribution >= 0.6 is 63.7 Å². The van der Waals surface area contributed by atoms with Crippen molar-refractivity contribution < 1.29 is 52.1 Å². The molecule has 3 saturated heterocycles. The average Bonchev–Trinajstić information content (AvgIpc) is 1.60. The quantitative estimate of drug-likeness (QED) is 0.0209. The minimum Gasteiger partial charge on any atom is -0.483 e. The maximum absolute atomic E-state index is 12.6. The predicted molar refractivity (Wildman–Crippen MR) is 548 cm³/mol. The van der Waals surface area contributed by atoms with E-state index in [1.807, 2.05) is 123 Å². The number of imidazole rings is 2. The number of nitrogens with one attached hydrogen (secondary N) is 2. The number of carbonyl (C=O) groups is 1. The zero-order valence-electron chi connectivity index (χ0n) is 71.4. The SMILES string of the molecule is C.C.C.C.C.C.C.CC1(C)OB(B2OC(C)(C)C(C)(C)O2)OC1(C)C.Cc1ccc(CN)cc1.Cc1ccc(CNc2ccc(Br)cc2N)cc1.Cc1ccc(CNc2ccc(Br)cc2[N+](=O)[O-])cc1.Cc1ccc(Cn2cnc3cc(B4OC(C)(C)C(C)(C)O4)ccc32)cc1.Cc1ccc(Cn2cnc3cc(Br)ccc32)cc1.O=CO.O=[N+]([O-])c1cc(Br)ccc1F. The number of fused-ring (bicyclic) bond motifs is 2. The molecule has 7 N–H and O–H groups in total. The number of nitrogen functional groups attached to an aromatic ring is 1. The fraction of sp³-hybridized carbons (Fsp3) is 0.357. The van der Waals surface area contributed by atoms with Crippen molar-refractivity contribution >= 4 is 147 Å². The second-order valence-corrected chi connectivity index (χ2v) is 36.1. The zero-order chi connectivity index (χ0) is 89.0. The highest BCUT2D eigenvalue weighted by Gasteiger charge is 2.64. The summed E-state index contributed by atoms with van der Waals surface area (Å²) in [4.78, 5) is 37.3. The fourth-order valence-electron chi connectivity index (χ4n) is 11.9. The first-order valence-electron chi connectivity index (χ1n) is 39.2. The number of benzene rings is 10. The van der Waals surface area contributed by atoms with Gasteiger partial charge in [-0.15, -0.1) is 0 Å². The lowest BCUT2D eigenvalue weighted by molar-refractivity contribution is -0.387. The molecule has 0 bridgehead atoms. The van der Waals surface area contributed by atoms with Gasteiger partial charge in [-0.1, -0.05) is 271 Å². The Labute approximate surface area is 795 Å². The molecule has 128 heavy (non-hydrogen) atoms. The van der Waals surface area contributed by atoms with Crippen LogP contribution in [-0.4, -0.2) is 95.3 Å². The summed E-state index contributed by atoms with van der Waals surface area (Å²) in [7, 11) is -1.31. The Bertz CT molecular complexity index is 5360. The summed E-state index contributed by atoms with van der Waals surface area (Å²) in [6.07, 6.45) is 3.80. The van der Waals surface area contributed by atoms with Gasteiger partial charge in [0.2, 0.25) is 5.82 Å². The van der Waals surface area contributed by atoms with Gasteiger partial charge in [-0.05, 0) is 224 Å². The van der Waals surface area contributed by atoms with Gasteiger partial charge in [-0.3, -0.25) is 25.0 Å². The molecule has 3 aliphatic heterocycles. The van der Waals surface area contributed by atoms with Gasteiger partial charge < -0.3 is 64.3 Å². The molecule has 10 aromatic carbocycles. The van der Waals surface area contributed by atoms with Gasteiger partial charge in [0, 0.05) is 62.7 Å². The van der Waals surface area contributed by atoms with Gasteiger partial charge >= 0.3 is 26.8 Å². The molecule has 0 saturated carbocycles. The summed E-state index contributed by atoms with van der Waals surface area (Å²) in [6.45, 7) is 38.3. The lowest BCUT2D eigenvalue weighted by Gasteiger charge is -2.32. The topological polar surface area (TPSA) is 291 Å². The van der Waals surface area contributed by atoms with Crippen LogP contribution in [-0.2, 0) is 65.4 Å². The van der Waals surface area contributed by atoms with E-state index < -0.39 is 30.4 Å². The summed E-state index contributed by atoms with van der Waals surface area (Å²) in [5.74, 6) is -0.821. The first-order valence-corrected chi connectivity index (χ1v) is 42.3. The number of carboxylic acid groups (broad SMARTS) is 1. The molecular formula is C98H134B3Br4FN10O12. The number of aromatic nitrogens is 4. The van der Waals surface area contributed by atoms with Crippen molar-refractivity contribution in [2.24, 2.45) is 5.73 Å². The number of anilines is 3. The number of nitrogens with two attached hydrogens (primary N) is 2. The van der Waals surface area contributed by atoms with Gasteiger partial charge in [-0.25, -0.2) is 9.97 Å². The summed E-state index contributed by atoms with van der Waals surface area (Å²) in [6, 6.07) is 68.9.